The first kappa shape index (κ1) is 20.3. The fourth-order valence-electron chi connectivity index (χ4n) is 3.46. The molecule has 2 aromatic rings. The number of hydrogen-bond donors (Lipinski definition) is 1. The van der Waals surface area contributed by atoms with Crippen molar-refractivity contribution in [1.82, 2.24) is 4.90 Å². The molecule has 1 heterocycles. The number of halogens is 1. The summed E-state index contributed by atoms with van der Waals surface area (Å²) in [6, 6.07) is 14.9. The Morgan fingerprint density at radius 1 is 1.30 bits per heavy atom. The van der Waals surface area contributed by atoms with Crippen molar-refractivity contribution in [2.24, 2.45) is 5.92 Å². The SMILES string of the molecule is CS(=O)c1ccc(OCC2CCCN(CC(O)c3cccc(Cl)c3)C2)cc1. The fourth-order valence-corrected chi connectivity index (χ4v) is 4.18. The predicted molar refractivity (Wildman–Crippen MR) is 110 cm³/mol. The zero-order valence-corrected chi connectivity index (χ0v) is 17.1. The molecular weight excluding hydrogens is 382 g/mol. The molecule has 4 nitrogen and oxygen atoms in total. The largest absolute Gasteiger partial charge is 0.493 e. The quantitative estimate of drug-likeness (QED) is 0.756. The summed E-state index contributed by atoms with van der Waals surface area (Å²) in [5.41, 5.74) is 0.856. The average Bonchev–Trinajstić information content (AvgIpc) is 2.67. The van der Waals surface area contributed by atoms with E-state index in [9.17, 15) is 9.32 Å². The Balaban J connectivity index is 1.49. The monoisotopic (exact) mass is 407 g/mol. The number of ether oxygens (including phenoxy) is 1. The smallest absolute Gasteiger partial charge is 0.119 e. The van der Waals surface area contributed by atoms with Crippen molar-refractivity contribution in [3.8, 4) is 5.75 Å². The molecule has 0 spiro atoms. The van der Waals surface area contributed by atoms with Crippen LogP contribution in [0.1, 0.15) is 24.5 Å². The van der Waals surface area contributed by atoms with E-state index in [1.807, 2.05) is 48.5 Å². The van der Waals surface area contributed by atoms with Crippen molar-refractivity contribution in [2.45, 2.75) is 23.8 Å². The molecule has 1 N–H and O–H groups in total. The van der Waals surface area contributed by atoms with Crippen molar-refractivity contribution in [3.63, 3.8) is 0 Å². The molecule has 6 heteroatoms. The van der Waals surface area contributed by atoms with E-state index in [0.717, 1.165) is 42.1 Å². The molecule has 1 aliphatic heterocycles. The van der Waals surface area contributed by atoms with Crippen molar-refractivity contribution in [1.29, 1.82) is 0 Å². The topological polar surface area (TPSA) is 49.8 Å². The van der Waals surface area contributed by atoms with Crippen LogP contribution in [0.4, 0.5) is 0 Å². The lowest BCUT2D eigenvalue weighted by atomic mass is 9.98. The normalized spacial score (nSPS) is 20.2. The molecule has 0 aromatic heterocycles. The maximum absolute atomic E-state index is 11.4. The Labute approximate surface area is 168 Å². The van der Waals surface area contributed by atoms with Crippen LogP contribution in [0.3, 0.4) is 0 Å². The Kier molecular flexibility index (Phi) is 7.30. The van der Waals surface area contributed by atoms with Gasteiger partial charge in [0.2, 0.25) is 0 Å². The highest BCUT2D eigenvalue weighted by Crippen LogP contribution is 2.23. The molecule has 1 saturated heterocycles. The molecule has 2 aromatic carbocycles. The van der Waals surface area contributed by atoms with Gasteiger partial charge in [-0.25, -0.2) is 0 Å². The van der Waals surface area contributed by atoms with Gasteiger partial charge in [0.1, 0.15) is 5.75 Å². The molecule has 0 aliphatic carbocycles. The number of aliphatic hydroxyl groups excluding tert-OH is 1. The number of likely N-dealkylation sites (tertiary alicyclic amines) is 1. The third kappa shape index (κ3) is 6.04. The standard InChI is InChI=1S/C21H26ClNO3S/c1-27(25)20-9-7-19(8-10-20)26-15-16-4-3-11-23(13-16)14-21(24)17-5-2-6-18(22)12-17/h2,5-10,12,16,21,24H,3-4,11,13-15H2,1H3. The van der Waals surface area contributed by atoms with Gasteiger partial charge in [0.25, 0.3) is 0 Å². The minimum absolute atomic E-state index is 0.435. The van der Waals surface area contributed by atoms with Crippen LogP contribution in [-0.2, 0) is 10.8 Å². The van der Waals surface area contributed by atoms with Crippen LogP contribution >= 0.6 is 11.6 Å². The van der Waals surface area contributed by atoms with Gasteiger partial charge in [-0.15, -0.1) is 0 Å². The van der Waals surface area contributed by atoms with Crippen molar-refractivity contribution >= 4 is 22.4 Å². The van der Waals surface area contributed by atoms with Crippen molar-refractivity contribution in [3.05, 3.63) is 59.1 Å². The van der Waals surface area contributed by atoms with Crippen LogP contribution in [0, 0.1) is 5.92 Å². The number of β-amino-alcohol motifs (C(OH)–C–C–N with tert-alkyl or cyclic N) is 1. The zero-order valence-electron chi connectivity index (χ0n) is 15.5. The molecule has 0 bridgehead atoms. The summed E-state index contributed by atoms with van der Waals surface area (Å²) in [4.78, 5) is 3.10. The molecule has 0 saturated carbocycles. The van der Waals surface area contributed by atoms with Gasteiger partial charge in [0.15, 0.2) is 0 Å². The molecule has 1 fully saturated rings. The number of piperidine rings is 1. The molecule has 0 amide bonds. The van der Waals surface area contributed by atoms with Crippen LogP contribution in [0.25, 0.3) is 0 Å². The first-order valence-corrected chi connectivity index (χ1v) is 11.2. The second-order valence-electron chi connectivity index (χ2n) is 7.08. The van der Waals surface area contributed by atoms with Crippen LogP contribution in [0.15, 0.2) is 53.4 Å². The van der Waals surface area contributed by atoms with Crippen LogP contribution < -0.4 is 4.74 Å². The minimum Gasteiger partial charge on any atom is -0.493 e. The van der Waals surface area contributed by atoms with E-state index in [-0.39, 0.29) is 0 Å². The van der Waals surface area contributed by atoms with Crippen molar-refractivity contribution < 1.29 is 14.1 Å². The van der Waals surface area contributed by atoms with E-state index in [4.69, 9.17) is 16.3 Å². The van der Waals surface area contributed by atoms with Gasteiger partial charge < -0.3 is 14.7 Å². The summed E-state index contributed by atoms with van der Waals surface area (Å²) in [6.07, 6.45) is 3.36. The molecule has 27 heavy (non-hydrogen) atoms. The van der Waals surface area contributed by atoms with E-state index in [2.05, 4.69) is 4.90 Å². The summed E-state index contributed by atoms with van der Waals surface area (Å²) in [5, 5.41) is 11.2. The lowest BCUT2D eigenvalue weighted by Crippen LogP contribution is -2.39. The maximum Gasteiger partial charge on any atom is 0.119 e. The third-order valence-corrected chi connectivity index (χ3v) is 6.08. The van der Waals surface area contributed by atoms with Crippen LogP contribution in [-0.4, -0.2) is 46.7 Å². The molecular formula is C21H26ClNO3S. The van der Waals surface area contributed by atoms with Gasteiger partial charge in [-0.1, -0.05) is 23.7 Å². The second kappa shape index (κ2) is 9.69. The van der Waals surface area contributed by atoms with Gasteiger partial charge >= 0.3 is 0 Å². The number of aliphatic hydroxyl groups is 1. The fraction of sp³-hybridized carbons (Fsp3) is 0.429. The highest BCUT2D eigenvalue weighted by molar-refractivity contribution is 7.84. The van der Waals surface area contributed by atoms with Gasteiger partial charge in [-0.05, 0) is 61.3 Å². The minimum atomic E-state index is -0.968. The summed E-state index contributed by atoms with van der Waals surface area (Å²) in [7, 11) is -0.968. The number of rotatable bonds is 7. The van der Waals surface area contributed by atoms with Gasteiger partial charge in [-0.2, -0.15) is 0 Å². The van der Waals surface area contributed by atoms with E-state index >= 15 is 0 Å². The summed E-state index contributed by atoms with van der Waals surface area (Å²) in [5.74, 6) is 1.24. The Morgan fingerprint density at radius 2 is 2.07 bits per heavy atom. The summed E-state index contributed by atoms with van der Waals surface area (Å²) in [6.45, 7) is 3.16. The first-order valence-electron chi connectivity index (χ1n) is 9.23. The van der Waals surface area contributed by atoms with Crippen molar-refractivity contribution in [2.75, 3.05) is 32.5 Å². The van der Waals surface area contributed by atoms with E-state index < -0.39 is 16.9 Å². The van der Waals surface area contributed by atoms with Gasteiger partial charge in [0.05, 0.1) is 12.7 Å². The maximum atomic E-state index is 11.4. The predicted octanol–water partition coefficient (Wildman–Crippen LogP) is 3.90. The van der Waals surface area contributed by atoms with E-state index in [1.54, 1.807) is 6.26 Å². The highest BCUT2D eigenvalue weighted by atomic mass is 35.5. The third-order valence-electron chi connectivity index (χ3n) is 4.91. The summed E-state index contributed by atoms with van der Waals surface area (Å²) >= 11 is 6.02. The summed E-state index contributed by atoms with van der Waals surface area (Å²) < 4.78 is 17.4. The van der Waals surface area contributed by atoms with Gasteiger partial charge in [-0.3, -0.25) is 4.21 Å². The number of nitrogens with zero attached hydrogens (tertiary/aromatic N) is 1. The average molecular weight is 408 g/mol. The zero-order chi connectivity index (χ0) is 19.2. The number of benzene rings is 2. The van der Waals surface area contributed by atoms with E-state index in [0.29, 0.717) is 24.1 Å². The molecule has 3 rings (SSSR count). The Morgan fingerprint density at radius 3 is 2.78 bits per heavy atom. The molecule has 3 atom stereocenters. The Hall–Kier alpha value is -1.40. The Bertz CT molecular complexity index is 768. The van der Waals surface area contributed by atoms with Crippen LogP contribution in [0.5, 0.6) is 5.75 Å². The highest BCUT2D eigenvalue weighted by Gasteiger charge is 2.23. The molecule has 3 unspecified atom stereocenters. The molecule has 0 radical (unpaired) electrons. The van der Waals surface area contributed by atoms with Crippen LogP contribution in [0.2, 0.25) is 5.02 Å². The lowest BCUT2D eigenvalue weighted by Gasteiger charge is -2.33. The lowest BCUT2D eigenvalue weighted by molar-refractivity contribution is 0.0714. The first-order chi connectivity index (χ1) is 13.0. The van der Waals surface area contributed by atoms with Gasteiger partial charge in [0, 0.05) is 46.0 Å². The number of hydrogen-bond acceptors (Lipinski definition) is 4. The molecule has 1 aliphatic rings. The second-order valence-corrected chi connectivity index (χ2v) is 8.89. The molecule has 146 valence electrons. The van der Waals surface area contributed by atoms with E-state index in [1.165, 1.54) is 0 Å².